The molecule has 0 radical (unpaired) electrons. The first-order valence-corrected chi connectivity index (χ1v) is 9.16. The molecule has 2 aromatic carbocycles. The molecule has 1 aliphatic heterocycles. The lowest BCUT2D eigenvalue weighted by Gasteiger charge is -2.15. The van der Waals surface area contributed by atoms with E-state index in [4.69, 9.17) is 11.6 Å². The van der Waals surface area contributed by atoms with Crippen LogP contribution in [0.2, 0.25) is 5.02 Å². The molecule has 6 heteroatoms. The van der Waals surface area contributed by atoms with E-state index in [1.165, 1.54) is 0 Å². The number of nitrogens with one attached hydrogen (secondary N) is 1. The van der Waals surface area contributed by atoms with Gasteiger partial charge in [-0.1, -0.05) is 11.6 Å². The van der Waals surface area contributed by atoms with Gasteiger partial charge in [0.1, 0.15) is 0 Å². The Bertz CT molecular complexity index is 771. The highest BCUT2D eigenvalue weighted by atomic mass is 127. The lowest BCUT2D eigenvalue weighted by atomic mass is 10.1. The molecule has 0 unspecified atom stereocenters. The monoisotopic (exact) mass is 454 g/mol. The van der Waals surface area contributed by atoms with Crippen LogP contribution in [0.15, 0.2) is 42.5 Å². The molecule has 0 atom stereocenters. The Balaban J connectivity index is 1.69. The number of anilines is 1. The summed E-state index contributed by atoms with van der Waals surface area (Å²) in [6, 6.07) is 12.1. The van der Waals surface area contributed by atoms with E-state index in [9.17, 15) is 9.59 Å². The third-order valence-electron chi connectivity index (χ3n) is 3.96. The van der Waals surface area contributed by atoms with E-state index in [1.54, 1.807) is 42.5 Å². The van der Waals surface area contributed by atoms with E-state index < -0.39 is 0 Å². The molecule has 0 spiro atoms. The first-order chi connectivity index (χ1) is 11.5. The summed E-state index contributed by atoms with van der Waals surface area (Å²) in [5.41, 5.74) is 1.87. The van der Waals surface area contributed by atoms with Crippen molar-refractivity contribution in [3.8, 4) is 0 Å². The molecule has 0 aliphatic carbocycles. The molecule has 2 aromatic rings. The summed E-state index contributed by atoms with van der Waals surface area (Å²) in [5, 5.41) is 3.44. The van der Waals surface area contributed by atoms with Crippen LogP contribution in [0, 0.1) is 3.57 Å². The van der Waals surface area contributed by atoms with Crippen LogP contribution in [0.25, 0.3) is 0 Å². The van der Waals surface area contributed by atoms with Gasteiger partial charge in [-0.2, -0.15) is 0 Å². The quantitative estimate of drug-likeness (QED) is 0.698. The zero-order chi connectivity index (χ0) is 17.1. The zero-order valence-electron chi connectivity index (χ0n) is 12.9. The van der Waals surface area contributed by atoms with Crippen LogP contribution in [0.3, 0.4) is 0 Å². The molecular weight excluding hydrogens is 439 g/mol. The molecule has 0 saturated carbocycles. The number of nitrogens with zero attached hydrogens (tertiary/aromatic N) is 1. The zero-order valence-corrected chi connectivity index (χ0v) is 15.8. The molecule has 4 nitrogen and oxygen atoms in total. The Morgan fingerprint density at radius 3 is 2.33 bits per heavy atom. The normalized spacial score (nSPS) is 13.8. The second-order valence-corrected chi connectivity index (χ2v) is 7.25. The van der Waals surface area contributed by atoms with Crippen LogP contribution < -0.4 is 5.32 Å². The number of hydrogen-bond donors (Lipinski definition) is 1. The van der Waals surface area contributed by atoms with E-state index in [0.717, 1.165) is 29.5 Å². The molecular formula is C18H16ClIN2O2. The minimum Gasteiger partial charge on any atom is -0.339 e. The number of hydrogen-bond acceptors (Lipinski definition) is 2. The number of rotatable bonds is 3. The van der Waals surface area contributed by atoms with E-state index in [0.29, 0.717) is 21.8 Å². The van der Waals surface area contributed by atoms with Gasteiger partial charge in [-0.3, -0.25) is 9.59 Å². The second kappa shape index (κ2) is 7.53. The third kappa shape index (κ3) is 3.89. The molecule has 1 heterocycles. The summed E-state index contributed by atoms with van der Waals surface area (Å²) in [6.07, 6.45) is 2.14. The maximum atomic E-state index is 12.3. The number of likely N-dealkylation sites (tertiary alicyclic amines) is 1. The van der Waals surface area contributed by atoms with E-state index >= 15 is 0 Å². The van der Waals surface area contributed by atoms with Gasteiger partial charge in [-0.05, 0) is 77.9 Å². The minimum absolute atomic E-state index is 0.0534. The largest absolute Gasteiger partial charge is 0.339 e. The van der Waals surface area contributed by atoms with Gasteiger partial charge in [0.05, 0.1) is 5.56 Å². The predicted molar refractivity (Wildman–Crippen MR) is 104 cm³/mol. The van der Waals surface area contributed by atoms with Gasteiger partial charge in [-0.15, -0.1) is 0 Å². The average Bonchev–Trinajstić information content (AvgIpc) is 3.09. The summed E-state index contributed by atoms with van der Waals surface area (Å²) < 4.78 is 0.790. The lowest BCUT2D eigenvalue weighted by molar-refractivity contribution is 0.0792. The Kier molecular flexibility index (Phi) is 5.40. The fourth-order valence-electron chi connectivity index (χ4n) is 2.67. The summed E-state index contributed by atoms with van der Waals surface area (Å²) in [4.78, 5) is 26.5. The highest BCUT2D eigenvalue weighted by Gasteiger charge is 2.19. The molecule has 3 rings (SSSR count). The van der Waals surface area contributed by atoms with Crippen molar-refractivity contribution in [2.24, 2.45) is 0 Å². The Hall–Kier alpha value is -1.60. The average molecular weight is 455 g/mol. The maximum Gasteiger partial charge on any atom is 0.256 e. The third-order valence-corrected chi connectivity index (χ3v) is 5.09. The van der Waals surface area contributed by atoms with Crippen molar-refractivity contribution >= 4 is 51.7 Å². The molecule has 1 saturated heterocycles. The van der Waals surface area contributed by atoms with Gasteiger partial charge in [0.25, 0.3) is 11.8 Å². The first-order valence-electron chi connectivity index (χ1n) is 7.70. The van der Waals surface area contributed by atoms with E-state index in [-0.39, 0.29) is 11.8 Å². The van der Waals surface area contributed by atoms with Gasteiger partial charge < -0.3 is 10.2 Å². The van der Waals surface area contributed by atoms with Crippen LogP contribution in [0.4, 0.5) is 5.69 Å². The summed E-state index contributed by atoms with van der Waals surface area (Å²) in [5.74, 6) is -0.146. The van der Waals surface area contributed by atoms with Crippen molar-refractivity contribution in [1.29, 1.82) is 0 Å². The van der Waals surface area contributed by atoms with Crippen LogP contribution in [0.5, 0.6) is 0 Å². The fraction of sp³-hybridized carbons (Fsp3) is 0.222. The molecule has 124 valence electrons. The van der Waals surface area contributed by atoms with Crippen molar-refractivity contribution in [3.05, 3.63) is 62.2 Å². The molecule has 0 bridgehead atoms. The molecule has 1 fully saturated rings. The highest BCUT2D eigenvalue weighted by Crippen LogP contribution is 2.20. The highest BCUT2D eigenvalue weighted by molar-refractivity contribution is 14.1. The standard InChI is InChI=1S/C18H16ClIN2O2/c19-13-5-8-15(16(20)11-13)17(23)21-14-6-3-12(4-7-14)18(24)22-9-1-2-10-22/h3-8,11H,1-2,9-10H2,(H,21,23). The summed E-state index contributed by atoms with van der Waals surface area (Å²) in [7, 11) is 0. The van der Waals surface area contributed by atoms with Crippen LogP contribution in [0.1, 0.15) is 33.6 Å². The van der Waals surface area contributed by atoms with Crippen LogP contribution >= 0.6 is 34.2 Å². The van der Waals surface area contributed by atoms with Crippen LogP contribution in [-0.2, 0) is 0 Å². The van der Waals surface area contributed by atoms with Gasteiger partial charge in [-0.25, -0.2) is 0 Å². The number of amides is 2. The molecule has 1 aliphatic rings. The summed E-state index contributed by atoms with van der Waals surface area (Å²) in [6.45, 7) is 1.65. The molecule has 2 amide bonds. The topological polar surface area (TPSA) is 49.4 Å². The predicted octanol–water partition coefficient (Wildman–Crippen LogP) is 4.43. The van der Waals surface area contributed by atoms with Crippen molar-refractivity contribution < 1.29 is 9.59 Å². The first kappa shape index (κ1) is 17.2. The van der Waals surface area contributed by atoms with E-state index in [2.05, 4.69) is 27.9 Å². The van der Waals surface area contributed by atoms with Gasteiger partial charge in [0.15, 0.2) is 0 Å². The molecule has 24 heavy (non-hydrogen) atoms. The molecule has 1 N–H and O–H groups in total. The van der Waals surface area contributed by atoms with Crippen molar-refractivity contribution in [2.45, 2.75) is 12.8 Å². The van der Waals surface area contributed by atoms with Gasteiger partial charge >= 0.3 is 0 Å². The summed E-state index contributed by atoms with van der Waals surface area (Å²) >= 11 is 7.99. The van der Waals surface area contributed by atoms with Gasteiger partial charge in [0, 0.05) is 32.9 Å². The fourth-order valence-corrected chi connectivity index (χ4v) is 3.79. The Morgan fingerprint density at radius 2 is 1.71 bits per heavy atom. The number of benzene rings is 2. The van der Waals surface area contributed by atoms with Crippen molar-refractivity contribution in [2.75, 3.05) is 18.4 Å². The van der Waals surface area contributed by atoms with Crippen molar-refractivity contribution in [3.63, 3.8) is 0 Å². The second-order valence-electron chi connectivity index (χ2n) is 5.65. The minimum atomic E-state index is -0.199. The number of halogens is 2. The van der Waals surface area contributed by atoms with Gasteiger partial charge in [0.2, 0.25) is 0 Å². The lowest BCUT2D eigenvalue weighted by Crippen LogP contribution is -2.27. The maximum absolute atomic E-state index is 12.3. The number of carbonyl (C=O) groups is 2. The van der Waals surface area contributed by atoms with Crippen molar-refractivity contribution in [1.82, 2.24) is 4.90 Å². The SMILES string of the molecule is O=C(Nc1ccc(C(=O)N2CCCC2)cc1)c1ccc(Cl)cc1I. The molecule has 0 aromatic heterocycles. The number of carbonyl (C=O) groups excluding carboxylic acids is 2. The van der Waals surface area contributed by atoms with E-state index in [1.807, 2.05) is 4.90 Å². The van der Waals surface area contributed by atoms with Crippen LogP contribution in [-0.4, -0.2) is 29.8 Å². The smallest absolute Gasteiger partial charge is 0.256 e. The Labute approximate surface area is 159 Å². The Morgan fingerprint density at radius 1 is 1.04 bits per heavy atom.